The van der Waals surface area contributed by atoms with E-state index >= 15 is 0 Å². The molecule has 5 heteroatoms. The Morgan fingerprint density at radius 2 is 1.33 bits per heavy atom. The Bertz CT molecular complexity index is 2570. The van der Waals surface area contributed by atoms with Crippen molar-refractivity contribution in [2.24, 2.45) is 23.7 Å². The number of hydrogen-bond donors (Lipinski definition) is 0. The zero-order chi connectivity index (χ0) is 33.5. The van der Waals surface area contributed by atoms with Gasteiger partial charge in [-0.15, -0.1) is 0 Å². The SMILES string of the molecule is [c-]1n(-c2cccc(Oc3ccc4c5ccccc5n(-c5cc(C6C7CC8CC(C7)CC6C8)ccn5)c4c3)c2)c2ccccc2[n+]1-c1ccccc1. The third-order valence-electron chi connectivity index (χ3n) is 12.1. The van der Waals surface area contributed by atoms with Crippen molar-refractivity contribution < 1.29 is 9.30 Å². The van der Waals surface area contributed by atoms with Gasteiger partial charge in [0.05, 0.1) is 33.4 Å². The van der Waals surface area contributed by atoms with Crippen LogP contribution in [0.25, 0.3) is 50.0 Å². The number of rotatable bonds is 6. The highest BCUT2D eigenvalue weighted by Crippen LogP contribution is 2.59. The van der Waals surface area contributed by atoms with Crippen molar-refractivity contribution in [1.29, 1.82) is 0 Å². The molecule has 4 aliphatic carbocycles. The maximum absolute atomic E-state index is 6.65. The Labute approximate surface area is 297 Å². The van der Waals surface area contributed by atoms with Gasteiger partial charge in [-0.05, 0) is 128 Å². The summed E-state index contributed by atoms with van der Waals surface area (Å²) in [6.45, 7) is 0. The predicted molar refractivity (Wildman–Crippen MR) is 202 cm³/mol. The average molecular weight is 663 g/mol. The fraction of sp³-hybridized carbons (Fsp3) is 0.217. The molecule has 5 nitrogen and oxygen atoms in total. The van der Waals surface area contributed by atoms with E-state index in [1.807, 2.05) is 18.3 Å². The molecular weight excluding hydrogens is 625 g/mol. The molecule has 51 heavy (non-hydrogen) atoms. The third kappa shape index (κ3) is 4.75. The summed E-state index contributed by atoms with van der Waals surface area (Å²) in [5, 5.41) is 2.43. The number of pyridine rings is 1. The number of fused-ring (bicyclic) bond motifs is 4. The summed E-state index contributed by atoms with van der Waals surface area (Å²) < 4.78 is 13.2. The lowest BCUT2D eigenvalue weighted by Gasteiger charge is -2.54. The molecule has 12 rings (SSSR count). The van der Waals surface area contributed by atoms with Crippen molar-refractivity contribution in [3.63, 3.8) is 0 Å². The fourth-order valence-corrected chi connectivity index (χ4v) is 10.3. The summed E-state index contributed by atoms with van der Waals surface area (Å²) in [5.74, 6) is 6.81. The van der Waals surface area contributed by atoms with Gasteiger partial charge in [0.15, 0.2) is 0 Å². The van der Waals surface area contributed by atoms with Crippen LogP contribution in [0.15, 0.2) is 140 Å². The Morgan fingerprint density at radius 1 is 0.608 bits per heavy atom. The Kier molecular flexibility index (Phi) is 6.52. The van der Waals surface area contributed by atoms with E-state index in [9.17, 15) is 0 Å². The van der Waals surface area contributed by atoms with E-state index in [-0.39, 0.29) is 0 Å². The van der Waals surface area contributed by atoms with Crippen LogP contribution in [0.2, 0.25) is 0 Å². The minimum absolute atomic E-state index is 0.663. The molecule has 0 aliphatic heterocycles. The van der Waals surface area contributed by atoms with E-state index in [4.69, 9.17) is 9.72 Å². The second kappa shape index (κ2) is 11.4. The van der Waals surface area contributed by atoms with Crippen LogP contribution in [0.5, 0.6) is 11.5 Å². The van der Waals surface area contributed by atoms with Crippen LogP contribution < -0.4 is 9.30 Å². The first-order valence-corrected chi connectivity index (χ1v) is 18.5. The quantitative estimate of drug-likeness (QED) is 0.131. The van der Waals surface area contributed by atoms with E-state index in [0.29, 0.717) is 5.92 Å². The lowest BCUT2D eigenvalue weighted by Crippen LogP contribution is -2.43. The van der Waals surface area contributed by atoms with Crippen LogP contribution in [0, 0.1) is 30.0 Å². The number of hydrogen-bond acceptors (Lipinski definition) is 2. The van der Waals surface area contributed by atoms with Gasteiger partial charge >= 0.3 is 0 Å². The molecule has 0 unspecified atom stereocenters. The van der Waals surface area contributed by atoms with Crippen molar-refractivity contribution >= 4 is 32.8 Å². The Hall–Kier alpha value is -5.68. The molecular formula is C46H38N4O. The number of aromatic nitrogens is 4. The maximum atomic E-state index is 6.65. The molecule has 4 bridgehead atoms. The largest absolute Gasteiger partial charge is 0.458 e. The van der Waals surface area contributed by atoms with Crippen molar-refractivity contribution in [2.75, 3.05) is 0 Å². The summed E-state index contributed by atoms with van der Waals surface area (Å²) in [4.78, 5) is 5.02. The van der Waals surface area contributed by atoms with Crippen LogP contribution in [0.1, 0.15) is 43.6 Å². The number of benzene rings is 5. The molecule has 4 saturated carbocycles. The van der Waals surface area contributed by atoms with Gasteiger partial charge in [0, 0.05) is 23.0 Å². The molecule has 0 spiro atoms. The highest BCUT2D eigenvalue weighted by atomic mass is 16.5. The lowest BCUT2D eigenvalue weighted by atomic mass is 9.51. The molecule has 0 amide bonds. The van der Waals surface area contributed by atoms with Crippen molar-refractivity contribution in [3.8, 4) is 28.7 Å². The van der Waals surface area contributed by atoms with Gasteiger partial charge < -0.3 is 4.74 Å². The van der Waals surface area contributed by atoms with Crippen molar-refractivity contribution in [3.05, 3.63) is 152 Å². The van der Waals surface area contributed by atoms with E-state index in [1.54, 1.807) is 0 Å². The molecule has 4 fully saturated rings. The first-order chi connectivity index (χ1) is 25.2. The van der Waals surface area contributed by atoms with Crippen molar-refractivity contribution in [1.82, 2.24) is 14.1 Å². The van der Waals surface area contributed by atoms with Crippen molar-refractivity contribution in [2.45, 2.75) is 38.0 Å². The van der Waals surface area contributed by atoms with E-state index < -0.39 is 0 Å². The van der Waals surface area contributed by atoms with Gasteiger partial charge in [0.2, 0.25) is 0 Å². The molecule has 0 radical (unpaired) electrons. The summed E-state index contributed by atoms with van der Waals surface area (Å²) in [6.07, 6.45) is 12.8. The number of para-hydroxylation sites is 4. The third-order valence-corrected chi connectivity index (χ3v) is 12.1. The van der Waals surface area contributed by atoms with Crippen LogP contribution in [-0.4, -0.2) is 14.1 Å². The number of ether oxygens (including phenoxy) is 1. The minimum Gasteiger partial charge on any atom is -0.458 e. The second-order valence-corrected chi connectivity index (χ2v) is 15.1. The topological polar surface area (TPSA) is 35.9 Å². The highest BCUT2D eigenvalue weighted by molar-refractivity contribution is 6.09. The van der Waals surface area contributed by atoms with Gasteiger partial charge in [-0.2, -0.15) is 0 Å². The van der Waals surface area contributed by atoms with E-state index in [2.05, 4.69) is 141 Å². The first-order valence-electron chi connectivity index (χ1n) is 18.5. The molecule has 8 aromatic rings. The standard InChI is InChI=1S/C46H38N4O/c1-2-9-35(10-3-1)48-29-49(43-16-7-6-15-42(43)48)36-11-8-12-37(27-36)51-38-17-18-40-39-13-4-5-14-41(39)50(44(40)28-38)45-26-32(19-20-47-45)46-33-22-30-21-31(24-33)25-34(46)23-30/h1-20,26-28,30-31,33-34,46H,21-25H2. The molecule has 0 N–H and O–H groups in total. The van der Waals surface area contributed by atoms with Gasteiger partial charge in [0.1, 0.15) is 17.3 Å². The number of nitrogens with zero attached hydrogens (tertiary/aromatic N) is 4. The summed E-state index contributed by atoms with van der Waals surface area (Å²) >= 11 is 0. The highest BCUT2D eigenvalue weighted by Gasteiger charge is 2.48. The zero-order valence-corrected chi connectivity index (χ0v) is 28.4. The lowest BCUT2D eigenvalue weighted by molar-refractivity contribution is -0.572. The van der Waals surface area contributed by atoms with Crippen LogP contribution in [0.4, 0.5) is 0 Å². The summed E-state index contributed by atoms with van der Waals surface area (Å²) in [6, 6.07) is 46.9. The molecule has 248 valence electrons. The predicted octanol–water partition coefficient (Wildman–Crippen LogP) is 10.5. The van der Waals surface area contributed by atoms with Gasteiger partial charge in [0.25, 0.3) is 6.33 Å². The monoisotopic (exact) mass is 662 g/mol. The van der Waals surface area contributed by atoms with E-state index in [0.717, 1.165) is 68.9 Å². The summed E-state index contributed by atoms with van der Waals surface area (Å²) in [7, 11) is 0. The fourth-order valence-electron chi connectivity index (χ4n) is 10.3. The van der Waals surface area contributed by atoms with E-state index in [1.165, 1.54) is 54.0 Å². The maximum Gasteiger partial charge on any atom is 0.269 e. The molecule has 0 saturated heterocycles. The summed E-state index contributed by atoms with van der Waals surface area (Å²) in [5.41, 5.74) is 7.98. The Morgan fingerprint density at radius 3 is 2.18 bits per heavy atom. The van der Waals surface area contributed by atoms with Gasteiger partial charge in [-0.1, -0.05) is 66.7 Å². The Balaban J connectivity index is 0.974. The first kappa shape index (κ1) is 29.1. The zero-order valence-electron chi connectivity index (χ0n) is 28.4. The molecule has 4 aliphatic rings. The van der Waals surface area contributed by atoms with Crippen LogP contribution >= 0.6 is 0 Å². The smallest absolute Gasteiger partial charge is 0.269 e. The average Bonchev–Trinajstić information content (AvgIpc) is 3.71. The van der Waals surface area contributed by atoms with Crippen LogP contribution in [0.3, 0.4) is 0 Å². The molecule has 3 aromatic heterocycles. The number of imidazole rings is 1. The van der Waals surface area contributed by atoms with Crippen LogP contribution in [-0.2, 0) is 0 Å². The minimum atomic E-state index is 0.663. The second-order valence-electron chi connectivity index (χ2n) is 15.1. The normalized spacial score (nSPS) is 22.3. The van der Waals surface area contributed by atoms with Gasteiger partial charge in [-0.25, -0.2) is 4.98 Å². The molecule has 5 aromatic carbocycles. The molecule has 0 atom stereocenters. The van der Waals surface area contributed by atoms with Gasteiger partial charge in [-0.3, -0.25) is 13.7 Å². The molecule has 3 heterocycles.